The Bertz CT molecular complexity index is 1070. The summed E-state index contributed by atoms with van der Waals surface area (Å²) in [4.78, 5) is 46.9. The lowest BCUT2D eigenvalue weighted by molar-refractivity contribution is -0.136. The molecule has 8 nitrogen and oxygen atoms in total. The number of aromatic nitrogens is 3. The summed E-state index contributed by atoms with van der Waals surface area (Å²) in [5.41, 5.74) is 2.73. The summed E-state index contributed by atoms with van der Waals surface area (Å²) in [6, 6.07) is 1.87. The minimum atomic E-state index is -0.132. The van der Waals surface area contributed by atoms with Crippen LogP contribution in [0.25, 0.3) is 5.65 Å². The van der Waals surface area contributed by atoms with Gasteiger partial charge in [0.2, 0.25) is 11.8 Å². The van der Waals surface area contributed by atoms with Gasteiger partial charge in [0.15, 0.2) is 5.65 Å². The lowest BCUT2D eigenvalue weighted by atomic mass is 10.1. The smallest absolute Gasteiger partial charge is 0.277 e. The van der Waals surface area contributed by atoms with Crippen LogP contribution in [0.15, 0.2) is 10.9 Å². The molecule has 1 saturated carbocycles. The first-order chi connectivity index (χ1) is 14.5. The number of carbonyl (C=O) groups is 2. The minimum Gasteiger partial charge on any atom is -0.337 e. The molecule has 1 N–H and O–H groups in total. The number of carbonyl (C=O) groups excluding carboxylic acids is 2. The predicted octanol–water partition coefficient (Wildman–Crippen LogP) is 2.03. The van der Waals surface area contributed by atoms with Crippen LogP contribution in [0.4, 0.5) is 0 Å². The number of rotatable bonds is 4. The van der Waals surface area contributed by atoms with E-state index in [1.165, 1.54) is 4.52 Å². The highest BCUT2D eigenvalue weighted by atomic mass is 16.2. The number of amides is 2. The second kappa shape index (κ2) is 7.25. The van der Waals surface area contributed by atoms with E-state index in [4.69, 9.17) is 4.98 Å². The van der Waals surface area contributed by atoms with Crippen LogP contribution >= 0.6 is 0 Å². The molecule has 5 rings (SSSR count). The van der Waals surface area contributed by atoms with Gasteiger partial charge in [-0.1, -0.05) is 13.8 Å². The lowest BCUT2D eigenvalue weighted by Crippen LogP contribution is -2.41. The third-order valence-electron chi connectivity index (χ3n) is 6.95. The third-order valence-corrected chi connectivity index (χ3v) is 6.95. The van der Waals surface area contributed by atoms with Crippen LogP contribution in [-0.2, 0) is 22.6 Å². The van der Waals surface area contributed by atoms with Gasteiger partial charge in [-0.25, -0.2) is 9.50 Å². The molecular weight excluding hydrogens is 382 g/mol. The summed E-state index contributed by atoms with van der Waals surface area (Å²) in [5, 5.41) is 3.22. The number of aromatic amines is 1. The number of H-pyrrole nitrogens is 1. The largest absolute Gasteiger partial charge is 0.337 e. The van der Waals surface area contributed by atoms with Gasteiger partial charge in [-0.15, -0.1) is 0 Å². The quantitative estimate of drug-likeness (QED) is 0.833. The zero-order valence-electron chi connectivity index (χ0n) is 17.7. The molecule has 8 heteroatoms. The van der Waals surface area contributed by atoms with Crippen LogP contribution in [0.1, 0.15) is 68.9 Å². The van der Waals surface area contributed by atoms with E-state index < -0.39 is 0 Å². The Morgan fingerprint density at radius 3 is 2.80 bits per heavy atom. The lowest BCUT2D eigenvalue weighted by Gasteiger charge is -2.27. The standard InChI is InChI=1S/C22H29N5O3/c1-3-13(2)20(28)26-9-4-5-18(26)17-11-19-23-16-8-10-25(21(29)14-6-7-14)12-15(16)22(30)27(19)24-17/h11,13-14,18,24H,3-10,12H2,1-2H3/t13-,18+/m1/s1. The maximum absolute atomic E-state index is 13.2. The highest BCUT2D eigenvalue weighted by Crippen LogP contribution is 2.34. The van der Waals surface area contributed by atoms with E-state index in [1.54, 1.807) is 0 Å². The topological polar surface area (TPSA) is 90.8 Å². The fraction of sp³-hybridized carbons (Fsp3) is 0.636. The molecule has 2 aromatic heterocycles. The number of hydrogen-bond acceptors (Lipinski definition) is 4. The number of fused-ring (bicyclic) bond motifs is 2. The molecule has 1 aliphatic carbocycles. The summed E-state index contributed by atoms with van der Waals surface area (Å²) < 4.78 is 1.49. The van der Waals surface area contributed by atoms with Crippen molar-refractivity contribution in [2.45, 2.75) is 65.0 Å². The zero-order chi connectivity index (χ0) is 21.0. The monoisotopic (exact) mass is 411 g/mol. The van der Waals surface area contributed by atoms with Gasteiger partial charge in [-0.2, -0.15) is 0 Å². The molecule has 1 saturated heterocycles. The minimum absolute atomic E-state index is 0.00173. The summed E-state index contributed by atoms with van der Waals surface area (Å²) in [6.07, 6.45) is 5.20. The van der Waals surface area contributed by atoms with Crippen molar-refractivity contribution in [1.82, 2.24) is 24.4 Å². The van der Waals surface area contributed by atoms with Crippen LogP contribution in [0.2, 0.25) is 0 Å². The van der Waals surface area contributed by atoms with Crippen molar-refractivity contribution in [2.24, 2.45) is 11.8 Å². The Kier molecular flexibility index (Phi) is 4.67. The number of hydrogen-bond donors (Lipinski definition) is 1. The van der Waals surface area contributed by atoms with Crippen molar-refractivity contribution in [3.8, 4) is 0 Å². The SMILES string of the molecule is CC[C@@H](C)C(=O)N1CCC[C@H]1c1cc2nc3c(c(=O)n2[nH]1)CN(C(=O)C1CC1)CC3. The van der Waals surface area contributed by atoms with Crippen LogP contribution < -0.4 is 5.56 Å². The zero-order valence-corrected chi connectivity index (χ0v) is 17.7. The van der Waals surface area contributed by atoms with Gasteiger partial charge in [0.25, 0.3) is 5.56 Å². The molecule has 3 aliphatic rings. The average Bonchev–Trinajstić information content (AvgIpc) is 3.33. The van der Waals surface area contributed by atoms with Gasteiger partial charge >= 0.3 is 0 Å². The van der Waals surface area contributed by atoms with Crippen molar-refractivity contribution in [1.29, 1.82) is 0 Å². The summed E-state index contributed by atoms with van der Waals surface area (Å²) >= 11 is 0. The molecule has 30 heavy (non-hydrogen) atoms. The van der Waals surface area contributed by atoms with Crippen LogP contribution in [0.5, 0.6) is 0 Å². The van der Waals surface area contributed by atoms with Crippen molar-refractivity contribution in [3.05, 3.63) is 33.4 Å². The van der Waals surface area contributed by atoms with E-state index in [1.807, 2.05) is 29.7 Å². The van der Waals surface area contributed by atoms with E-state index in [9.17, 15) is 14.4 Å². The molecule has 2 amide bonds. The number of nitrogens with zero attached hydrogens (tertiary/aromatic N) is 4. The van der Waals surface area contributed by atoms with Gasteiger partial charge in [0, 0.05) is 37.4 Å². The normalized spacial score (nSPS) is 22.4. The van der Waals surface area contributed by atoms with E-state index >= 15 is 0 Å². The summed E-state index contributed by atoms with van der Waals surface area (Å²) in [7, 11) is 0. The van der Waals surface area contributed by atoms with Crippen molar-refractivity contribution in [3.63, 3.8) is 0 Å². The average molecular weight is 412 g/mol. The first-order valence-corrected chi connectivity index (χ1v) is 11.2. The second-order valence-electron chi connectivity index (χ2n) is 9.03. The van der Waals surface area contributed by atoms with Crippen LogP contribution in [0, 0.1) is 11.8 Å². The fourth-order valence-electron chi connectivity index (χ4n) is 4.76. The maximum atomic E-state index is 13.2. The Hall–Kier alpha value is -2.64. The van der Waals surface area contributed by atoms with Crippen molar-refractivity contribution >= 4 is 17.5 Å². The molecule has 4 heterocycles. The Morgan fingerprint density at radius 1 is 1.27 bits per heavy atom. The molecular formula is C22H29N5O3. The van der Waals surface area contributed by atoms with Crippen LogP contribution in [0.3, 0.4) is 0 Å². The van der Waals surface area contributed by atoms with Crippen LogP contribution in [-0.4, -0.2) is 49.3 Å². The Balaban J connectivity index is 1.47. The van der Waals surface area contributed by atoms with Gasteiger partial charge < -0.3 is 9.80 Å². The molecule has 0 unspecified atom stereocenters. The first-order valence-electron chi connectivity index (χ1n) is 11.2. The fourth-order valence-corrected chi connectivity index (χ4v) is 4.76. The summed E-state index contributed by atoms with van der Waals surface area (Å²) in [5.74, 6) is 0.493. The molecule has 2 fully saturated rings. The van der Waals surface area contributed by atoms with Gasteiger partial charge in [-0.05, 0) is 32.1 Å². The van der Waals surface area contributed by atoms with E-state index in [0.29, 0.717) is 30.7 Å². The maximum Gasteiger partial charge on any atom is 0.277 e. The van der Waals surface area contributed by atoms with Crippen molar-refractivity contribution in [2.75, 3.05) is 13.1 Å². The van der Waals surface area contributed by atoms with E-state index in [-0.39, 0.29) is 35.3 Å². The highest BCUT2D eigenvalue weighted by Gasteiger charge is 2.36. The van der Waals surface area contributed by atoms with E-state index in [0.717, 1.165) is 50.0 Å². The molecule has 0 aromatic carbocycles. The summed E-state index contributed by atoms with van der Waals surface area (Å²) in [6.45, 7) is 5.72. The molecule has 160 valence electrons. The van der Waals surface area contributed by atoms with Gasteiger partial charge in [0.05, 0.1) is 29.5 Å². The number of nitrogens with one attached hydrogen (secondary N) is 1. The van der Waals surface area contributed by atoms with Gasteiger partial charge in [-0.3, -0.25) is 19.5 Å². The molecule has 2 atom stereocenters. The van der Waals surface area contributed by atoms with Gasteiger partial charge in [0.1, 0.15) is 0 Å². The van der Waals surface area contributed by atoms with E-state index in [2.05, 4.69) is 5.10 Å². The first kappa shape index (κ1) is 19.3. The molecule has 0 bridgehead atoms. The molecule has 2 aromatic rings. The number of likely N-dealkylation sites (tertiary alicyclic amines) is 1. The third kappa shape index (κ3) is 3.13. The molecule has 2 aliphatic heterocycles. The van der Waals surface area contributed by atoms with Crippen molar-refractivity contribution < 1.29 is 9.59 Å². The second-order valence-corrected chi connectivity index (χ2v) is 9.03. The molecule has 0 spiro atoms. The Morgan fingerprint density at radius 2 is 2.07 bits per heavy atom. The Labute approximate surface area is 175 Å². The highest BCUT2D eigenvalue weighted by molar-refractivity contribution is 5.81. The molecule has 0 radical (unpaired) electrons. The predicted molar refractivity (Wildman–Crippen MR) is 111 cm³/mol.